The van der Waals surface area contributed by atoms with Crippen LogP contribution in [0.2, 0.25) is 0 Å². The van der Waals surface area contributed by atoms with Gasteiger partial charge in [0.2, 0.25) is 11.8 Å². The van der Waals surface area contributed by atoms with E-state index in [1.165, 1.54) is 11.3 Å². The Morgan fingerprint density at radius 1 is 1.04 bits per heavy atom. The molecule has 2 heterocycles. The lowest BCUT2D eigenvalue weighted by atomic mass is 10.1. The van der Waals surface area contributed by atoms with Crippen LogP contribution in [-0.4, -0.2) is 10.8 Å². The highest BCUT2D eigenvalue weighted by Crippen LogP contribution is 2.16. The van der Waals surface area contributed by atoms with Crippen LogP contribution in [0.1, 0.15) is 21.3 Å². The molecule has 0 aliphatic rings. The molecule has 0 amide bonds. The maximum absolute atomic E-state index is 12.9. The maximum Gasteiger partial charge on any atom is 0.244 e. The Balaban J connectivity index is 1.91. The van der Waals surface area contributed by atoms with Gasteiger partial charge in [0.1, 0.15) is 0 Å². The van der Waals surface area contributed by atoms with Gasteiger partial charge in [-0.3, -0.25) is 4.79 Å². The molecule has 0 bridgehead atoms. The van der Waals surface area contributed by atoms with Gasteiger partial charge in [-0.2, -0.15) is 4.57 Å². The van der Waals surface area contributed by atoms with E-state index in [1.807, 2.05) is 83.0 Å². The predicted molar refractivity (Wildman–Crippen MR) is 99.3 cm³/mol. The number of rotatable bonds is 6. The molecule has 3 nitrogen and oxygen atoms in total. The summed E-state index contributed by atoms with van der Waals surface area (Å²) in [5, 5.41) is 2.29. The van der Waals surface area contributed by atoms with Crippen LogP contribution in [0.15, 0.2) is 83.4 Å². The normalized spacial score (nSPS) is 12.8. The number of hydrogen-bond donors (Lipinski definition) is 0. The fourth-order valence-corrected chi connectivity index (χ4v) is 3.33. The number of carbonyl (C=O) groups excluding carboxylic acids is 1. The van der Waals surface area contributed by atoms with Gasteiger partial charge in [0.15, 0.2) is 12.4 Å². The van der Waals surface area contributed by atoms with E-state index >= 15 is 0 Å². The summed E-state index contributed by atoms with van der Waals surface area (Å²) in [5.41, 5.74) is 1.07. The summed E-state index contributed by atoms with van der Waals surface area (Å²) in [6, 6.07) is 18.7. The molecule has 2 aromatic heterocycles. The molecule has 0 N–H and O–H groups in total. The minimum atomic E-state index is -0.594. The molecule has 3 rings (SSSR count). The summed E-state index contributed by atoms with van der Waals surface area (Å²) in [6.07, 6.45) is 3.70. The molecule has 0 aliphatic carbocycles. The average molecular weight is 352 g/mol. The van der Waals surface area contributed by atoms with Crippen LogP contribution < -0.4 is 4.57 Å². The number of aromatic nitrogens is 1. The molecule has 1 atom stereocenters. The summed E-state index contributed by atoms with van der Waals surface area (Å²) in [6.45, 7) is 0.473. The molecule has 5 heteroatoms. The van der Waals surface area contributed by atoms with E-state index in [0.29, 0.717) is 16.5 Å². The highest BCUT2D eigenvalue weighted by molar-refractivity contribution is 7.77. The molecular weight excluding hydrogens is 336 g/mol. The topological polar surface area (TPSA) is 33.3 Å². The second kappa shape index (κ2) is 7.95. The van der Waals surface area contributed by atoms with E-state index in [2.05, 4.69) is 4.99 Å². The van der Waals surface area contributed by atoms with E-state index in [1.54, 1.807) is 0 Å². The van der Waals surface area contributed by atoms with Crippen molar-refractivity contribution < 1.29 is 9.36 Å². The molecule has 1 aromatic carbocycles. The van der Waals surface area contributed by atoms with Crippen LogP contribution in [0.4, 0.5) is 0 Å². The number of ketones is 1. The SMILES string of the molecule is O=C(c1cccs1)C(C([S-])=NCc1ccccc1)[n+]1ccccc1. The van der Waals surface area contributed by atoms with Crippen molar-refractivity contribution in [1.29, 1.82) is 0 Å². The fourth-order valence-electron chi connectivity index (χ4n) is 2.35. The van der Waals surface area contributed by atoms with Crippen LogP contribution in [0, 0.1) is 0 Å². The summed E-state index contributed by atoms with van der Waals surface area (Å²) < 4.78 is 1.82. The Bertz CT molecular complexity index is 815. The number of Topliss-reactive ketones (excluding diaryl/α,β-unsaturated/α-hetero) is 1. The van der Waals surface area contributed by atoms with Gasteiger partial charge in [0.05, 0.1) is 11.4 Å². The average Bonchev–Trinajstić information content (AvgIpc) is 3.17. The smallest absolute Gasteiger partial charge is 0.244 e. The number of aliphatic imine (C=N–C) groups is 1. The Kier molecular flexibility index (Phi) is 5.46. The van der Waals surface area contributed by atoms with Crippen LogP contribution in [0.3, 0.4) is 0 Å². The predicted octanol–water partition coefficient (Wildman–Crippen LogP) is 3.61. The molecule has 0 saturated heterocycles. The van der Waals surface area contributed by atoms with E-state index in [0.717, 1.165) is 5.56 Å². The van der Waals surface area contributed by atoms with Gasteiger partial charge in [-0.1, -0.05) is 42.5 Å². The second-order valence-electron chi connectivity index (χ2n) is 5.21. The van der Waals surface area contributed by atoms with Crippen molar-refractivity contribution in [2.75, 3.05) is 0 Å². The first kappa shape index (κ1) is 16.5. The summed E-state index contributed by atoms with van der Waals surface area (Å²) >= 11 is 6.92. The molecule has 0 saturated carbocycles. The largest absolute Gasteiger partial charge is 0.758 e. The molecule has 3 aromatic rings. The Labute approximate surface area is 150 Å². The minimum Gasteiger partial charge on any atom is -0.758 e. The van der Waals surface area contributed by atoms with Crippen LogP contribution in [0.25, 0.3) is 0 Å². The van der Waals surface area contributed by atoms with Gasteiger partial charge in [-0.05, 0) is 22.1 Å². The minimum absolute atomic E-state index is 0.0250. The van der Waals surface area contributed by atoms with Crippen molar-refractivity contribution in [3.05, 3.63) is 88.9 Å². The lowest BCUT2D eigenvalue weighted by Crippen LogP contribution is -2.47. The van der Waals surface area contributed by atoms with Gasteiger partial charge in [-0.15, -0.1) is 11.3 Å². The number of nitrogens with zero attached hydrogens (tertiary/aromatic N) is 2. The number of benzene rings is 1. The third kappa shape index (κ3) is 3.93. The number of hydrogen-bond acceptors (Lipinski definition) is 4. The zero-order valence-electron chi connectivity index (χ0n) is 12.9. The van der Waals surface area contributed by atoms with E-state index in [9.17, 15) is 4.79 Å². The van der Waals surface area contributed by atoms with E-state index in [4.69, 9.17) is 12.6 Å². The lowest BCUT2D eigenvalue weighted by Gasteiger charge is -2.18. The van der Waals surface area contributed by atoms with Gasteiger partial charge in [-0.25, -0.2) is 0 Å². The Morgan fingerprint density at radius 3 is 2.42 bits per heavy atom. The third-order valence-corrected chi connectivity index (χ3v) is 4.78. The highest BCUT2D eigenvalue weighted by Gasteiger charge is 2.28. The lowest BCUT2D eigenvalue weighted by molar-refractivity contribution is -0.691. The standard InChI is InChI=1S/C19H16N2OS2/c22-18(16-10-7-13-24-16)17(21-11-5-2-6-12-21)19(23)20-14-15-8-3-1-4-9-15/h1-13,17H,14H2. The third-order valence-electron chi connectivity index (χ3n) is 3.54. The zero-order chi connectivity index (χ0) is 16.8. The molecule has 1 unspecified atom stereocenters. The number of pyridine rings is 1. The first-order valence-corrected chi connectivity index (χ1v) is 8.83. The molecule has 0 aliphatic heterocycles. The van der Waals surface area contributed by atoms with Gasteiger partial charge in [0.25, 0.3) is 0 Å². The van der Waals surface area contributed by atoms with Crippen LogP contribution >= 0.6 is 11.3 Å². The highest BCUT2D eigenvalue weighted by atomic mass is 32.1. The van der Waals surface area contributed by atoms with Crippen molar-refractivity contribution in [2.24, 2.45) is 4.99 Å². The second-order valence-corrected chi connectivity index (χ2v) is 6.57. The van der Waals surface area contributed by atoms with Crippen molar-refractivity contribution in [1.82, 2.24) is 0 Å². The van der Waals surface area contributed by atoms with Crippen molar-refractivity contribution in [2.45, 2.75) is 12.6 Å². The number of thiophene rings is 1. The fraction of sp³-hybridized carbons (Fsp3) is 0.105. The van der Waals surface area contributed by atoms with Gasteiger partial charge in [0, 0.05) is 12.1 Å². The molecular formula is C19H16N2OS2. The maximum atomic E-state index is 12.9. The molecule has 0 spiro atoms. The Hall–Kier alpha value is -2.37. The van der Waals surface area contributed by atoms with Crippen molar-refractivity contribution >= 4 is 34.8 Å². The van der Waals surface area contributed by atoms with Gasteiger partial charge < -0.3 is 17.6 Å². The Morgan fingerprint density at radius 2 is 1.75 bits per heavy atom. The van der Waals surface area contributed by atoms with E-state index in [-0.39, 0.29) is 5.78 Å². The molecule has 0 fully saturated rings. The molecule has 24 heavy (non-hydrogen) atoms. The van der Waals surface area contributed by atoms with Gasteiger partial charge >= 0.3 is 0 Å². The first-order valence-electron chi connectivity index (χ1n) is 7.54. The van der Waals surface area contributed by atoms with Crippen LogP contribution in [0.5, 0.6) is 0 Å². The number of carbonyl (C=O) groups is 1. The zero-order valence-corrected chi connectivity index (χ0v) is 14.5. The molecule has 0 radical (unpaired) electrons. The quantitative estimate of drug-likeness (QED) is 0.223. The monoisotopic (exact) mass is 352 g/mol. The molecule has 120 valence electrons. The summed E-state index contributed by atoms with van der Waals surface area (Å²) in [4.78, 5) is 18.1. The summed E-state index contributed by atoms with van der Waals surface area (Å²) in [7, 11) is 0. The van der Waals surface area contributed by atoms with Crippen molar-refractivity contribution in [3.63, 3.8) is 0 Å². The van der Waals surface area contributed by atoms with E-state index < -0.39 is 6.04 Å². The first-order chi connectivity index (χ1) is 11.8. The summed E-state index contributed by atoms with van der Waals surface area (Å²) in [5.74, 6) is -0.0250. The van der Waals surface area contributed by atoms with Crippen molar-refractivity contribution in [3.8, 4) is 0 Å². The van der Waals surface area contributed by atoms with Crippen LogP contribution in [-0.2, 0) is 19.2 Å².